The lowest BCUT2D eigenvalue weighted by Crippen LogP contribution is -2.38. The molecule has 10 heteroatoms. The number of alkyl halides is 3. The van der Waals surface area contributed by atoms with Crippen molar-refractivity contribution in [3.8, 4) is 0 Å². The van der Waals surface area contributed by atoms with E-state index in [1.807, 2.05) is 12.1 Å². The minimum Gasteiger partial charge on any atom is -0.465 e. The fourth-order valence-corrected chi connectivity index (χ4v) is 5.17. The maximum atomic E-state index is 12.8. The van der Waals surface area contributed by atoms with Crippen LogP contribution in [0.5, 0.6) is 0 Å². The highest BCUT2D eigenvalue weighted by atomic mass is 32.1. The number of nitrogens with one attached hydrogen (secondary N) is 2. The van der Waals surface area contributed by atoms with Crippen LogP contribution in [-0.4, -0.2) is 41.3 Å². The maximum Gasteiger partial charge on any atom is 0.393 e. The second kappa shape index (κ2) is 10.0. The summed E-state index contributed by atoms with van der Waals surface area (Å²) in [6.07, 6.45) is 0.129. The summed E-state index contributed by atoms with van der Waals surface area (Å²) >= 11 is 1.06. The number of anilines is 1. The molecule has 176 valence electrons. The minimum absolute atomic E-state index is 0.169. The lowest BCUT2D eigenvalue weighted by molar-refractivity contribution is -0.126. The molecule has 0 radical (unpaired) electrons. The number of hydrogen-bond donors (Lipinski definition) is 2. The summed E-state index contributed by atoms with van der Waals surface area (Å²) in [5, 5.41) is 7.65. The van der Waals surface area contributed by atoms with Gasteiger partial charge in [-0.2, -0.15) is 13.2 Å². The molecule has 4 rings (SSSR count). The van der Waals surface area contributed by atoms with E-state index in [2.05, 4.69) is 20.6 Å². The highest BCUT2D eigenvalue weighted by Crippen LogP contribution is 2.33. The van der Waals surface area contributed by atoms with Crippen molar-refractivity contribution in [3.05, 3.63) is 52.7 Å². The van der Waals surface area contributed by atoms with E-state index in [0.717, 1.165) is 42.6 Å². The molecule has 0 spiro atoms. The molecule has 1 saturated carbocycles. The van der Waals surface area contributed by atoms with Crippen molar-refractivity contribution in [2.45, 2.75) is 56.9 Å². The summed E-state index contributed by atoms with van der Waals surface area (Å²) in [5.41, 5.74) is 1.59. The molecule has 2 aromatic heterocycles. The van der Waals surface area contributed by atoms with Gasteiger partial charge in [0.05, 0.1) is 24.5 Å². The maximum absolute atomic E-state index is 12.8. The molecule has 2 atom stereocenters. The van der Waals surface area contributed by atoms with Gasteiger partial charge in [-0.15, -0.1) is 11.3 Å². The Bertz CT molecular complexity index is 1100. The number of carbonyl (C=O) groups is 1. The smallest absolute Gasteiger partial charge is 0.393 e. The van der Waals surface area contributed by atoms with E-state index >= 15 is 0 Å². The molecule has 6 nitrogen and oxygen atoms in total. The van der Waals surface area contributed by atoms with Crippen LogP contribution in [0.1, 0.15) is 46.5 Å². The molecule has 1 aliphatic carbocycles. The first-order valence-electron chi connectivity index (χ1n) is 10.8. The molecule has 1 aliphatic rings. The number of ether oxygens (including phenoxy) is 1. The molecule has 2 heterocycles. The predicted octanol–water partition coefficient (Wildman–Crippen LogP) is 5.10. The standard InChI is InChI=1S/C23H25F3N4O2S/c1-32-22(31)15-7-5-14(6-8-15)12-27-16-3-2-4-17(9-16)30-20-19-10-18(11-23(24,25)26)33-21(19)29-13-28-20/h5-8,10,13,16-17,27H,2-4,9,11-12H2,1H3,(H,28,29,30)/t16-,17+/m0/s1. The SMILES string of the molecule is COC(=O)c1ccc(CN[C@H]2CCC[C@@H](Nc3ncnc4sc(CC(F)(F)F)cc34)C2)cc1. The molecule has 0 saturated heterocycles. The molecule has 1 aromatic carbocycles. The Kier molecular flexibility index (Phi) is 7.14. The molecule has 1 fully saturated rings. The number of rotatable bonds is 7. The number of fused-ring (bicyclic) bond motifs is 1. The second-order valence-electron chi connectivity index (χ2n) is 8.22. The van der Waals surface area contributed by atoms with Crippen molar-refractivity contribution in [1.82, 2.24) is 15.3 Å². The minimum atomic E-state index is -4.25. The van der Waals surface area contributed by atoms with Crippen LogP contribution in [0.4, 0.5) is 19.0 Å². The van der Waals surface area contributed by atoms with Crippen LogP contribution in [0, 0.1) is 0 Å². The van der Waals surface area contributed by atoms with Gasteiger partial charge in [-0.05, 0) is 49.4 Å². The molecular weight excluding hydrogens is 453 g/mol. The van der Waals surface area contributed by atoms with Crippen LogP contribution < -0.4 is 10.6 Å². The van der Waals surface area contributed by atoms with Gasteiger partial charge in [0.25, 0.3) is 0 Å². The normalized spacial score (nSPS) is 18.9. The molecule has 3 aromatic rings. The lowest BCUT2D eigenvalue weighted by atomic mass is 9.90. The fraction of sp³-hybridized carbons (Fsp3) is 0.435. The highest BCUT2D eigenvalue weighted by Gasteiger charge is 2.29. The van der Waals surface area contributed by atoms with E-state index in [-0.39, 0.29) is 16.9 Å². The van der Waals surface area contributed by atoms with Crippen molar-refractivity contribution < 1.29 is 22.7 Å². The molecule has 0 bridgehead atoms. The average molecular weight is 479 g/mol. The molecule has 33 heavy (non-hydrogen) atoms. The van der Waals surface area contributed by atoms with Crippen molar-refractivity contribution in [3.63, 3.8) is 0 Å². The van der Waals surface area contributed by atoms with E-state index in [1.165, 1.54) is 13.4 Å². The zero-order valence-electron chi connectivity index (χ0n) is 18.1. The van der Waals surface area contributed by atoms with E-state index in [1.54, 1.807) is 18.2 Å². The zero-order chi connectivity index (χ0) is 23.4. The number of esters is 1. The topological polar surface area (TPSA) is 76.1 Å². The van der Waals surface area contributed by atoms with Crippen LogP contribution in [-0.2, 0) is 17.7 Å². The van der Waals surface area contributed by atoms with E-state index in [9.17, 15) is 18.0 Å². The van der Waals surface area contributed by atoms with Crippen molar-refractivity contribution in [1.29, 1.82) is 0 Å². The van der Waals surface area contributed by atoms with Gasteiger partial charge in [-0.25, -0.2) is 14.8 Å². The quantitative estimate of drug-likeness (QED) is 0.461. The summed E-state index contributed by atoms with van der Waals surface area (Å²) in [4.78, 5) is 20.8. The summed E-state index contributed by atoms with van der Waals surface area (Å²) in [7, 11) is 1.36. The molecule has 0 unspecified atom stereocenters. The van der Waals surface area contributed by atoms with Crippen LogP contribution in [0.2, 0.25) is 0 Å². The van der Waals surface area contributed by atoms with Gasteiger partial charge in [-0.1, -0.05) is 12.1 Å². The van der Waals surface area contributed by atoms with Crippen molar-refractivity contribution in [2.24, 2.45) is 0 Å². The second-order valence-corrected chi connectivity index (χ2v) is 9.34. The van der Waals surface area contributed by atoms with Crippen LogP contribution in [0.25, 0.3) is 10.2 Å². The van der Waals surface area contributed by atoms with Gasteiger partial charge in [-0.3, -0.25) is 0 Å². The lowest BCUT2D eigenvalue weighted by Gasteiger charge is -2.31. The molecule has 0 aliphatic heterocycles. The fourth-order valence-electron chi connectivity index (χ4n) is 4.14. The third-order valence-electron chi connectivity index (χ3n) is 5.74. The molecule has 2 N–H and O–H groups in total. The highest BCUT2D eigenvalue weighted by molar-refractivity contribution is 7.18. The van der Waals surface area contributed by atoms with Gasteiger partial charge >= 0.3 is 12.1 Å². The summed E-state index contributed by atoms with van der Waals surface area (Å²) in [5.74, 6) is 0.236. The summed E-state index contributed by atoms with van der Waals surface area (Å²) < 4.78 is 43.1. The van der Waals surface area contributed by atoms with E-state index in [0.29, 0.717) is 34.2 Å². The Morgan fingerprint density at radius 1 is 1.18 bits per heavy atom. The van der Waals surface area contributed by atoms with Crippen LogP contribution in [0.15, 0.2) is 36.7 Å². The number of carbonyl (C=O) groups excluding carboxylic acids is 1. The monoisotopic (exact) mass is 478 g/mol. The Morgan fingerprint density at radius 3 is 2.67 bits per heavy atom. The summed E-state index contributed by atoms with van der Waals surface area (Å²) in [6.45, 7) is 0.682. The van der Waals surface area contributed by atoms with Gasteiger partial charge < -0.3 is 15.4 Å². The number of halogens is 3. The number of aromatic nitrogens is 2. The Labute approximate surface area is 193 Å². The van der Waals surface area contributed by atoms with Gasteiger partial charge in [0, 0.05) is 23.5 Å². The first kappa shape index (κ1) is 23.4. The average Bonchev–Trinajstić information content (AvgIpc) is 3.19. The summed E-state index contributed by atoms with van der Waals surface area (Å²) in [6, 6.07) is 9.34. The Hall–Kier alpha value is -2.72. The third-order valence-corrected chi connectivity index (χ3v) is 6.78. The first-order valence-corrected chi connectivity index (χ1v) is 11.6. The number of methoxy groups -OCH3 is 1. The first-order chi connectivity index (χ1) is 15.8. The van der Waals surface area contributed by atoms with Gasteiger partial charge in [0.2, 0.25) is 0 Å². The van der Waals surface area contributed by atoms with E-state index in [4.69, 9.17) is 4.74 Å². The number of nitrogens with zero attached hydrogens (tertiary/aromatic N) is 2. The van der Waals surface area contributed by atoms with Crippen molar-refractivity contribution >= 4 is 33.3 Å². The van der Waals surface area contributed by atoms with Crippen molar-refractivity contribution in [2.75, 3.05) is 12.4 Å². The predicted molar refractivity (Wildman–Crippen MR) is 121 cm³/mol. The molecular formula is C23H25F3N4O2S. The van der Waals surface area contributed by atoms with E-state index < -0.39 is 12.6 Å². The van der Waals surface area contributed by atoms with Gasteiger partial charge in [0.1, 0.15) is 17.0 Å². The van der Waals surface area contributed by atoms with Crippen LogP contribution >= 0.6 is 11.3 Å². The third kappa shape index (κ3) is 6.20. The number of benzene rings is 1. The Morgan fingerprint density at radius 2 is 1.94 bits per heavy atom. The Balaban J connectivity index is 1.36. The van der Waals surface area contributed by atoms with Gasteiger partial charge in [0.15, 0.2) is 0 Å². The molecule has 0 amide bonds. The number of thiophene rings is 1. The number of hydrogen-bond acceptors (Lipinski definition) is 7. The zero-order valence-corrected chi connectivity index (χ0v) is 18.9. The largest absolute Gasteiger partial charge is 0.465 e. The van der Waals surface area contributed by atoms with Crippen LogP contribution in [0.3, 0.4) is 0 Å².